The van der Waals surface area contributed by atoms with Gasteiger partial charge in [0.2, 0.25) is 0 Å². The largest absolute Gasteiger partial charge is 0.491 e. The maximum absolute atomic E-state index is 5.53. The second-order valence-electron chi connectivity index (χ2n) is 3.93. The van der Waals surface area contributed by atoms with E-state index in [0.717, 1.165) is 5.75 Å². The lowest BCUT2D eigenvalue weighted by Gasteiger charge is -2.08. The molecule has 0 spiro atoms. The topological polar surface area (TPSA) is 62.9 Å². The highest BCUT2D eigenvalue weighted by atomic mass is 127. The van der Waals surface area contributed by atoms with Crippen molar-refractivity contribution in [3.8, 4) is 5.75 Å². The normalized spacial score (nSPS) is 10.7. The Bertz CT molecular complexity index is 334. The molecule has 0 radical (unpaired) electrons. The van der Waals surface area contributed by atoms with Crippen molar-refractivity contribution >= 4 is 22.6 Å². The van der Waals surface area contributed by atoms with Crippen LogP contribution < -0.4 is 10.5 Å². The Kier molecular flexibility index (Phi) is 10.9. The van der Waals surface area contributed by atoms with Crippen LogP contribution in [0.2, 0.25) is 0 Å². The molecular formula is C14H22INO4. The van der Waals surface area contributed by atoms with E-state index in [1.54, 1.807) is 0 Å². The van der Waals surface area contributed by atoms with E-state index >= 15 is 0 Å². The highest BCUT2D eigenvalue weighted by molar-refractivity contribution is 14.1. The second kappa shape index (κ2) is 12.3. The van der Waals surface area contributed by atoms with Crippen LogP contribution in [-0.2, 0) is 14.2 Å². The molecule has 0 unspecified atom stereocenters. The van der Waals surface area contributed by atoms with Gasteiger partial charge in [-0.25, -0.2) is 0 Å². The van der Waals surface area contributed by atoms with Gasteiger partial charge in [0, 0.05) is 10.1 Å². The highest BCUT2D eigenvalue weighted by Gasteiger charge is 1.94. The van der Waals surface area contributed by atoms with E-state index in [2.05, 4.69) is 22.6 Å². The highest BCUT2D eigenvalue weighted by Crippen LogP contribution is 2.13. The summed E-state index contributed by atoms with van der Waals surface area (Å²) in [6.45, 7) is 4.50. The number of rotatable bonds is 12. The first kappa shape index (κ1) is 17.6. The Morgan fingerprint density at radius 2 is 1.25 bits per heavy atom. The molecule has 2 N–H and O–H groups in total. The standard InChI is InChI=1S/C14H22INO4/c15-13-1-3-14(4-2-13)20-12-11-19-10-9-18-8-7-17-6-5-16/h1-4H,5-12,16H2. The molecular weight excluding hydrogens is 373 g/mol. The van der Waals surface area contributed by atoms with Gasteiger partial charge >= 0.3 is 0 Å². The molecule has 114 valence electrons. The Labute approximate surface area is 133 Å². The van der Waals surface area contributed by atoms with Crippen molar-refractivity contribution < 1.29 is 18.9 Å². The fourth-order valence-corrected chi connectivity index (χ4v) is 1.73. The summed E-state index contributed by atoms with van der Waals surface area (Å²) >= 11 is 2.26. The van der Waals surface area contributed by atoms with Crippen LogP contribution in [0.1, 0.15) is 0 Å². The predicted octanol–water partition coefficient (Wildman–Crippen LogP) is 1.68. The van der Waals surface area contributed by atoms with Crippen molar-refractivity contribution in [1.82, 2.24) is 0 Å². The lowest BCUT2D eigenvalue weighted by Crippen LogP contribution is -2.14. The first-order chi connectivity index (χ1) is 9.83. The molecule has 0 atom stereocenters. The number of nitrogens with two attached hydrogens (primary N) is 1. The van der Waals surface area contributed by atoms with Gasteiger partial charge in [0.25, 0.3) is 0 Å². The van der Waals surface area contributed by atoms with Crippen LogP contribution in [0.15, 0.2) is 24.3 Å². The van der Waals surface area contributed by atoms with Crippen LogP contribution in [0, 0.1) is 3.57 Å². The zero-order chi connectivity index (χ0) is 14.5. The molecule has 0 heterocycles. The molecule has 6 heteroatoms. The summed E-state index contributed by atoms with van der Waals surface area (Å²) < 4.78 is 22.6. The van der Waals surface area contributed by atoms with Gasteiger partial charge in [0.15, 0.2) is 0 Å². The molecule has 0 saturated carbocycles. The number of ether oxygens (including phenoxy) is 4. The van der Waals surface area contributed by atoms with Crippen molar-refractivity contribution in [2.24, 2.45) is 5.73 Å². The first-order valence-electron chi connectivity index (χ1n) is 6.64. The van der Waals surface area contributed by atoms with E-state index in [0.29, 0.717) is 52.8 Å². The smallest absolute Gasteiger partial charge is 0.119 e. The van der Waals surface area contributed by atoms with Crippen LogP contribution in [0.25, 0.3) is 0 Å². The lowest BCUT2D eigenvalue weighted by atomic mass is 10.3. The maximum atomic E-state index is 5.53. The van der Waals surface area contributed by atoms with Crippen LogP contribution in [0.5, 0.6) is 5.75 Å². The van der Waals surface area contributed by atoms with Crippen LogP contribution in [0.3, 0.4) is 0 Å². The summed E-state index contributed by atoms with van der Waals surface area (Å²) in [5.74, 6) is 0.863. The van der Waals surface area contributed by atoms with Gasteiger partial charge in [0.1, 0.15) is 12.4 Å². The Balaban J connectivity index is 1.84. The van der Waals surface area contributed by atoms with Crippen molar-refractivity contribution in [3.05, 3.63) is 27.8 Å². The van der Waals surface area contributed by atoms with E-state index in [-0.39, 0.29) is 0 Å². The van der Waals surface area contributed by atoms with Gasteiger partial charge in [-0.05, 0) is 46.9 Å². The van der Waals surface area contributed by atoms with Crippen LogP contribution >= 0.6 is 22.6 Å². The van der Waals surface area contributed by atoms with Crippen LogP contribution in [0.4, 0.5) is 0 Å². The van der Waals surface area contributed by atoms with Gasteiger partial charge in [-0.3, -0.25) is 0 Å². The summed E-state index contributed by atoms with van der Waals surface area (Å²) in [5.41, 5.74) is 5.29. The lowest BCUT2D eigenvalue weighted by molar-refractivity contribution is 0.0106. The molecule has 0 aromatic heterocycles. The molecule has 1 aromatic rings. The zero-order valence-corrected chi connectivity index (χ0v) is 13.7. The summed E-state index contributed by atoms with van der Waals surface area (Å²) in [5, 5.41) is 0. The number of hydrogen-bond donors (Lipinski definition) is 1. The molecule has 0 aliphatic rings. The SMILES string of the molecule is NCCOCCOCCOCCOc1ccc(I)cc1. The minimum Gasteiger partial charge on any atom is -0.491 e. The number of hydrogen-bond acceptors (Lipinski definition) is 5. The van der Waals surface area contributed by atoms with E-state index in [1.807, 2.05) is 24.3 Å². The third-order valence-corrected chi connectivity index (χ3v) is 3.04. The van der Waals surface area contributed by atoms with E-state index in [1.165, 1.54) is 3.57 Å². The molecule has 1 rings (SSSR count). The number of benzene rings is 1. The van der Waals surface area contributed by atoms with Crippen molar-refractivity contribution in [2.45, 2.75) is 0 Å². The average molecular weight is 395 g/mol. The minimum atomic E-state index is 0.542. The van der Waals surface area contributed by atoms with E-state index in [9.17, 15) is 0 Å². The van der Waals surface area contributed by atoms with Crippen molar-refractivity contribution in [1.29, 1.82) is 0 Å². The Hall–Kier alpha value is -0.410. The summed E-state index contributed by atoms with van der Waals surface area (Å²) in [7, 11) is 0. The average Bonchev–Trinajstić information content (AvgIpc) is 2.47. The van der Waals surface area contributed by atoms with E-state index < -0.39 is 0 Å². The predicted molar refractivity (Wildman–Crippen MR) is 86.2 cm³/mol. The molecule has 20 heavy (non-hydrogen) atoms. The molecule has 0 aliphatic carbocycles. The van der Waals surface area contributed by atoms with Gasteiger partial charge in [-0.1, -0.05) is 0 Å². The summed E-state index contributed by atoms with van der Waals surface area (Å²) in [4.78, 5) is 0. The molecule has 0 bridgehead atoms. The molecule has 1 aromatic carbocycles. The van der Waals surface area contributed by atoms with Crippen molar-refractivity contribution in [2.75, 3.05) is 52.8 Å². The van der Waals surface area contributed by atoms with Gasteiger partial charge in [0.05, 0.1) is 39.6 Å². The Morgan fingerprint density at radius 1 is 0.750 bits per heavy atom. The molecule has 0 amide bonds. The van der Waals surface area contributed by atoms with Gasteiger partial charge in [-0.15, -0.1) is 0 Å². The fourth-order valence-electron chi connectivity index (χ4n) is 1.37. The molecule has 5 nitrogen and oxygen atoms in total. The fraction of sp³-hybridized carbons (Fsp3) is 0.571. The third kappa shape index (κ3) is 9.49. The molecule has 0 fully saturated rings. The van der Waals surface area contributed by atoms with Crippen molar-refractivity contribution in [3.63, 3.8) is 0 Å². The Morgan fingerprint density at radius 3 is 1.80 bits per heavy atom. The van der Waals surface area contributed by atoms with Gasteiger partial charge < -0.3 is 24.7 Å². The number of halogens is 1. The first-order valence-corrected chi connectivity index (χ1v) is 7.72. The van der Waals surface area contributed by atoms with Gasteiger partial charge in [-0.2, -0.15) is 0 Å². The van der Waals surface area contributed by atoms with Crippen LogP contribution in [-0.4, -0.2) is 52.8 Å². The monoisotopic (exact) mass is 395 g/mol. The summed E-state index contributed by atoms with van der Waals surface area (Å²) in [6, 6.07) is 7.92. The third-order valence-electron chi connectivity index (χ3n) is 2.32. The minimum absolute atomic E-state index is 0.542. The molecule has 0 saturated heterocycles. The summed E-state index contributed by atoms with van der Waals surface area (Å²) in [6.07, 6.45) is 0. The maximum Gasteiger partial charge on any atom is 0.119 e. The zero-order valence-electron chi connectivity index (χ0n) is 11.6. The second-order valence-corrected chi connectivity index (χ2v) is 5.17. The quantitative estimate of drug-likeness (QED) is 0.431. The van der Waals surface area contributed by atoms with E-state index in [4.69, 9.17) is 24.7 Å². The molecule has 0 aliphatic heterocycles.